The maximum Gasteiger partial charge on any atom is 0.283 e. The normalized spacial score (nSPS) is 11.1. The minimum Gasteiger partial charge on any atom is -0.342 e. The van der Waals surface area contributed by atoms with E-state index < -0.39 is 0 Å². The predicted octanol–water partition coefficient (Wildman–Crippen LogP) is 5.35. The van der Waals surface area contributed by atoms with Crippen LogP contribution in [0.4, 0.5) is 10.1 Å². The van der Waals surface area contributed by atoms with Crippen molar-refractivity contribution in [3.63, 3.8) is 0 Å². The molecular formula is C22H18FN3O2S. The minimum atomic E-state index is -0.374. The number of nitro benzene ring substituents is 1. The van der Waals surface area contributed by atoms with Crippen LogP contribution in [0, 0.1) is 15.9 Å². The van der Waals surface area contributed by atoms with Crippen LogP contribution in [0.15, 0.2) is 82.7 Å². The molecule has 4 rings (SSSR count). The average Bonchev–Trinajstić information content (AvgIpc) is 3.04. The Morgan fingerprint density at radius 3 is 2.59 bits per heavy atom. The predicted molar refractivity (Wildman–Crippen MR) is 113 cm³/mol. The topological polar surface area (TPSA) is 74.1 Å². The van der Waals surface area contributed by atoms with Gasteiger partial charge >= 0.3 is 0 Å². The molecule has 146 valence electrons. The van der Waals surface area contributed by atoms with Crippen LogP contribution in [0.5, 0.6) is 0 Å². The molecule has 1 heterocycles. The molecule has 4 aromatic rings. The number of halogens is 1. The first-order chi connectivity index (χ1) is 14.0. The van der Waals surface area contributed by atoms with Gasteiger partial charge in [0.15, 0.2) is 0 Å². The molecule has 2 N–H and O–H groups in total. The van der Waals surface area contributed by atoms with Crippen molar-refractivity contribution in [2.45, 2.75) is 22.9 Å². The molecule has 7 heteroatoms. The molecule has 0 fully saturated rings. The third-order valence-electron chi connectivity index (χ3n) is 4.67. The highest BCUT2D eigenvalue weighted by molar-refractivity contribution is 7.99. The Morgan fingerprint density at radius 2 is 1.83 bits per heavy atom. The second-order valence-electron chi connectivity index (χ2n) is 6.63. The van der Waals surface area contributed by atoms with Gasteiger partial charge in [-0.2, -0.15) is 0 Å². The first kappa shape index (κ1) is 19.2. The molecule has 0 aliphatic heterocycles. The van der Waals surface area contributed by atoms with E-state index in [0.29, 0.717) is 18.0 Å². The molecular weight excluding hydrogens is 389 g/mol. The van der Waals surface area contributed by atoms with Crippen LogP contribution >= 0.6 is 11.8 Å². The Balaban J connectivity index is 1.80. The van der Waals surface area contributed by atoms with Crippen molar-refractivity contribution in [1.82, 2.24) is 4.57 Å². The van der Waals surface area contributed by atoms with Gasteiger partial charge in [0.1, 0.15) is 5.82 Å². The molecule has 0 spiro atoms. The number of aromatic nitrogens is 1. The molecule has 0 atom stereocenters. The number of fused-ring (bicyclic) bond motifs is 1. The van der Waals surface area contributed by atoms with Gasteiger partial charge in [0.2, 0.25) is 0 Å². The van der Waals surface area contributed by atoms with Crippen molar-refractivity contribution in [1.29, 1.82) is 0 Å². The quantitative estimate of drug-likeness (QED) is 0.345. The molecule has 0 saturated carbocycles. The lowest BCUT2D eigenvalue weighted by Gasteiger charge is -2.07. The summed E-state index contributed by atoms with van der Waals surface area (Å²) in [6.45, 7) is 0.896. The van der Waals surface area contributed by atoms with Crippen LogP contribution < -0.4 is 5.73 Å². The Hall–Kier alpha value is -3.16. The zero-order valence-corrected chi connectivity index (χ0v) is 16.2. The van der Waals surface area contributed by atoms with Crippen molar-refractivity contribution in [3.8, 4) is 0 Å². The minimum absolute atomic E-state index is 0.0714. The molecule has 0 bridgehead atoms. The molecule has 0 unspecified atom stereocenters. The number of benzene rings is 3. The zero-order chi connectivity index (χ0) is 20.4. The Kier molecular flexibility index (Phi) is 5.33. The lowest BCUT2D eigenvalue weighted by molar-refractivity contribution is -0.387. The van der Waals surface area contributed by atoms with Crippen LogP contribution in [0.25, 0.3) is 10.9 Å². The number of hydrogen-bond donors (Lipinski definition) is 1. The maximum absolute atomic E-state index is 13.6. The Morgan fingerprint density at radius 1 is 1.00 bits per heavy atom. The van der Waals surface area contributed by atoms with Crippen molar-refractivity contribution in [2.24, 2.45) is 5.73 Å². The monoisotopic (exact) mass is 407 g/mol. The number of nitrogens with zero attached hydrogens (tertiary/aromatic N) is 2. The highest BCUT2D eigenvalue weighted by Crippen LogP contribution is 2.39. The standard InChI is InChI=1S/C22H18FN3O2S/c23-17-5-3-4-16(10-17)13-25-14-22(18-9-8-15(12-24)11-20(18)25)29-21-7-2-1-6-19(21)26(27)28/h1-11,14H,12-13,24H2. The summed E-state index contributed by atoms with van der Waals surface area (Å²) in [5, 5.41) is 12.3. The molecule has 0 amide bonds. The lowest BCUT2D eigenvalue weighted by Crippen LogP contribution is -2.00. The van der Waals surface area contributed by atoms with Gasteiger partial charge in [0, 0.05) is 41.2 Å². The molecule has 5 nitrogen and oxygen atoms in total. The number of rotatable bonds is 6. The smallest absolute Gasteiger partial charge is 0.283 e. The number of nitrogens with two attached hydrogens (primary N) is 1. The van der Waals surface area contributed by atoms with Crippen molar-refractivity contribution >= 4 is 28.4 Å². The van der Waals surface area contributed by atoms with E-state index in [1.807, 2.05) is 35.0 Å². The summed E-state index contributed by atoms with van der Waals surface area (Å²) in [5.74, 6) is -0.281. The van der Waals surface area contributed by atoms with Gasteiger partial charge in [0.05, 0.1) is 9.82 Å². The fourth-order valence-electron chi connectivity index (χ4n) is 3.29. The molecule has 29 heavy (non-hydrogen) atoms. The van der Waals surface area contributed by atoms with Gasteiger partial charge in [0.25, 0.3) is 5.69 Å². The first-order valence-corrected chi connectivity index (χ1v) is 9.84. The summed E-state index contributed by atoms with van der Waals surface area (Å²) in [7, 11) is 0. The number of hydrogen-bond acceptors (Lipinski definition) is 4. The molecule has 3 aromatic carbocycles. The fraction of sp³-hybridized carbons (Fsp3) is 0.0909. The van der Waals surface area contributed by atoms with Crippen molar-refractivity contribution in [2.75, 3.05) is 0 Å². The van der Waals surface area contributed by atoms with E-state index in [0.717, 1.165) is 26.9 Å². The zero-order valence-electron chi connectivity index (χ0n) is 15.4. The highest BCUT2D eigenvalue weighted by Gasteiger charge is 2.17. The van der Waals surface area contributed by atoms with Gasteiger partial charge in [-0.15, -0.1) is 0 Å². The highest BCUT2D eigenvalue weighted by atomic mass is 32.2. The van der Waals surface area contributed by atoms with E-state index in [-0.39, 0.29) is 16.4 Å². The molecule has 0 saturated heterocycles. The van der Waals surface area contributed by atoms with Crippen LogP contribution in [0.3, 0.4) is 0 Å². The molecule has 0 aliphatic carbocycles. The van der Waals surface area contributed by atoms with E-state index in [4.69, 9.17) is 5.73 Å². The summed E-state index contributed by atoms with van der Waals surface area (Å²) in [4.78, 5) is 12.5. The van der Waals surface area contributed by atoms with Crippen LogP contribution in [0.2, 0.25) is 0 Å². The van der Waals surface area contributed by atoms with Crippen LogP contribution in [0.1, 0.15) is 11.1 Å². The summed E-state index contributed by atoms with van der Waals surface area (Å²) in [6.07, 6.45) is 1.96. The van der Waals surface area contributed by atoms with Crippen molar-refractivity contribution < 1.29 is 9.31 Å². The number of nitro groups is 1. The van der Waals surface area contributed by atoms with Crippen LogP contribution in [-0.4, -0.2) is 9.49 Å². The third-order valence-corrected chi connectivity index (χ3v) is 5.78. The second-order valence-corrected chi connectivity index (χ2v) is 7.72. The fourth-order valence-corrected chi connectivity index (χ4v) is 4.38. The first-order valence-electron chi connectivity index (χ1n) is 9.02. The largest absolute Gasteiger partial charge is 0.342 e. The SMILES string of the molecule is NCc1ccc2c(Sc3ccccc3[N+](=O)[O-])cn(Cc3cccc(F)c3)c2c1. The Bertz CT molecular complexity index is 1210. The summed E-state index contributed by atoms with van der Waals surface area (Å²) < 4.78 is 15.6. The van der Waals surface area contributed by atoms with Crippen LogP contribution in [-0.2, 0) is 13.1 Å². The van der Waals surface area contributed by atoms with E-state index >= 15 is 0 Å². The summed E-state index contributed by atoms with van der Waals surface area (Å²) >= 11 is 1.35. The summed E-state index contributed by atoms with van der Waals surface area (Å²) in [6, 6.07) is 19.1. The third kappa shape index (κ3) is 4.01. The lowest BCUT2D eigenvalue weighted by atomic mass is 10.1. The van der Waals surface area contributed by atoms with E-state index in [1.54, 1.807) is 24.3 Å². The molecule has 0 radical (unpaired) electrons. The second kappa shape index (κ2) is 8.06. The Labute approximate surface area is 171 Å². The van der Waals surface area contributed by atoms with Crippen molar-refractivity contribution in [3.05, 3.63) is 100.0 Å². The van der Waals surface area contributed by atoms with Gasteiger partial charge < -0.3 is 10.3 Å². The summed E-state index contributed by atoms with van der Waals surface area (Å²) in [5.41, 5.74) is 8.66. The van der Waals surface area contributed by atoms with Gasteiger partial charge in [-0.05, 0) is 35.4 Å². The van der Waals surface area contributed by atoms with E-state index in [2.05, 4.69) is 0 Å². The average molecular weight is 407 g/mol. The maximum atomic E-state index is 13.6. The van der Waals surface area contributed by atoms with E-state index in [9.17, 15) is 14.5 Å². The molecule has 1 aromatic heterocycles. The number of para-hydroxylation sites is 1. The molecule has 0 aliphatic rings. The van der Waals surface area contributed by atoms with Gasteiger partial charge in [-0.1, -0.05) is 48.2 Å². The van der Waals surface area contributed by atoms with E-state index in [1.165, 1.54) is 30.0 Å². The van der Waals surface area contributed by atoms with Gasteiger partial charge in [-0.25, -0.2) is 4.39 Å². The van der Waals surface area contributed by atoms with Gasteiger partial charge in [-0.3, -0.25) is 10.1 Å².